The van der Waals surface area contributed by atoms with Crippen LogP contribution in [0, 0.1) is 6.92 Å². The van der Waals surface area contributed by atoms with Gasteiger partial charge in [-0.1, -0.05) is 0 Å². The van der Waals surface area contributed by atoms with Gasteiger partial charge >= 0.3 is 0 Å². The Morgan fingerprint density at radius 1 is 1.40 bits per heavy atom. The maximum Gasteiger partial charge on any atom is 0.175 e. The van der Waals surface area contributed by atoms with E-state index in [1.165, 1.54) is 0 Å². The van der Waals surface area contributed by atoms with Crippen LogP contribution in [0.25, 0.3) is 0 Å². The summed E-state index contributed by atoms with van der Waals surface area (Å²) < 4.78 is 12.1. The molecule has 0 amide bonds. The Morgan fingerprint density at radius 3 is 2.80 bits per heavy atom. The third-order valence-electron chi connectivity index (χ3n) is 2.75. The van der Waals surface area contributed by atoms with Crippen LogP contribution < -0.4 is 15.2 Å². The van der Waals surface area contributed by atoms with Crippen LogP contribution in [0.1, 0.15) is 16.3 Å². The van der Waals surface area contributed by atoms with E-state index in [0.29, 0.717) is 24.7 Å². The van der Waals surface area contributed by atoms with E-state index in [-0.39, 0.29) is 0 Å². The number of rotatable bonds is 6. The van der Waals surface area contributed by atoms with E-state index in [4.69, 9.17) is 15.2 Å². The van der Waals surface area contributed by atoms with Crippen molar-refractivity contribution in [1.29, 1.82) is 0 Å². The molecule has 0 spiro atoms. The molecule has 0 bridgehead atoms. The molecule has 0 aliphatic carbocycles. The molecule has 20 heavy (non-hydrogen) atoms. The summed E-state index contributed by atoms with van der Waals surface area (Å²) >= 11 is 5.14. The molecule has 0 fully saturated rings. The van der Waals surface area contributed by atoms with Crippen molar-refractivity contribution in [2.45, 2.75) is 20.0 Å². The Bertz CT molecular complexity index is 587. The average molecular weight is 357 g/mol. The van der Waals surface area contributed by atoms with Crippen molar-refractivity contribution in [3.05, 3.63) is 38.3 Å². The first-order valence-electron chi connectivity index (χ1n) is 6.24. The minimum Gasteiger partial charge on any atom is -0.493 e. The smallest absolute Gasteiger partial charge is 0.175 e. The number of hydrogen-bond donors (Lipinski definition) is 1. The van der Waals surface area contributed by atoms with Crippen molar-refractivity contribution in [2.75, 3.05) is 13.7 Å². The molecule has 0 saturated heterocycles. The zero-order valence-electron chi connectivity index (χ0n) is 11.5. The SMILES string of the molecule is COc1cc(CCN)cc(Br)c1OCc1csc(C)n1. The summed E-state index contributed by atoms with van der Waals surface area (Å²) in [6.45, 7) is 3.01. The van der Waals surface area contributed by atoms with E-state index in [9.17, 15) is 0 Å². The minimum absolute atomic E-state index is 0.426. The van der Waals surface area contributed by atoms with Crippen LogP contribution in [0.3, 0.4) is 0 Å². The van der Waals surface area contributed by atoms with Gasteiger partial charge in [0.05, 0.1) is 22.3 Å². The molecule has 2 N–H and O–H groups in total. The molecule has 0 unspecified atom stereocenters. The lowest BCUT2D eigenvalue weighted by molar-refractivity contribution is 0.279. The number of aromatic nitrogens is 1. The van der Waals surface area contributed by atoms with Gasteiger partial charge in [-0.25, -0.2) is 4.98 Å². The van der Waals surface area contributed by atoms with Gasteiger partial charge in [-0.2, -0.15) is 0 Å². The molecule has 1 aromatic heterocycles. The predicted octanol–water partition coefficient (Wildman–Crippen LogP) is 3.30. The van der Waals surface area contributed by atoms with E-state index in [2.05, 4.69) is 20.9 Å². The molecule has 0 aliphatic rings. The fourth-order valence-corrected chi connectivity index (χ4v) is 3.05. The largest absolute Gasteiger partial charge is 0.493 e. The minimum atomic E-state index is 0.426. The molecule has 6 heteroatoms. The number of thiazole rings is 1. The molecule has 2 rings (SSSR count). The molecular weight excluding hydrogens is 340 g/mol. The summed E-state index contributed by atoms with van der Waals surface area (Å²) in [6, 6.07) is 3.97. The van der Waals surface area contributed by atoms with Crippen molar-refractivity contribution < 1.29 is 9.47 Å². The van der Waals surface area contributed by atoms with E-state index in [1.54, 1.807) is 18.4 Å². The highest BCUT2D eigenvalue weighted by Crippen LogP contribution is 2.37. The molecule has 2 aromatic rings. The lowest BCUT2D eigenvalue weighted by Gasteiger charge is -2.13. The topological polar surface area (TPSA) is 57.4 Å². The van der Waals surface area contributed by atoms with Crippen LogP contribution in [-0.2, 0) is 13.0 Å². The number of nitrogens with zero attached hydrogens (tertiary/aromatic N) is 1. The lowest BCUT2D eigenvalue weighted by Crippen LogP contribution is -2.04. The zero-order valence-corrected chi connectivity index (χ0v) is 13.9. The Labute approximate surface area is 131 Å². The summed E-state index contributed by atoms with van der Waals surface area (Å²) in [7, 11) is 1.63. The van der Waals surface area contributed by atoms with Crippen LogP contribution in [0.4, 0.5) is 0 Å². The second kappa shape index (κ2) is 7.06. The molecule has 4 nitrogen and oxygen atoms in total. The first-order chi connectivity index (χ1) is 9.63. The van der Waals surface area contributed by atoms with E-state index < -0.39 is 0 Å². The molecule has 108 valence electrons. The van der Waals surface area contributed by atoms with Crippen molar-refractivity contribution in [3.63, 3.8) is 0 Å². The highest BCUT2D eigenvalue weighted by molar-refractivity contribution is 9.10. The van der Waals surface area contributed by atoms with Gasteiger partial charge in [0, 0.05) is 5.38 Å². The number of aryl methyl sites for hydroxylation is 1. The quantitative estimate of drug-likeness (QED) is 0.862. The molecule has 0 atom stereocenters. The standard InChI is InChI=1S/C14H17BrN2O2S/c1-9-17-11(8-20-9)7-19-14-12(15)5-10(3-4-16)6-13(14)18-2/h5-6,8H,3-4,7,16H2,1-2H3. The Hall–Kier alpha value is -1.11. The van der Waals surface area contributed by atoms with Gasteiger partial charge < -0.3 is 15.2 Å². The third kappa shape index (κ3) is 3.71. The summed E-state index contributed by atoms with van der Waals surface area (Å²) in [4.78, 5) is 4.38. The van der Waals surface area contributed by atoms with Crippen LogP contribution >= 0.6 is 27.3 Å². The number of benzene rings is 1. The maximum absolute atomic E-state index is 5.83. The van der Waals surface area contributed by atoms with Gasteiger partial charge in [-0.15, -0.1) is 11.3 Å². The van der Waals surface area contributed by atoms with Crippen molar-refractivity contribution in [3.8, 4) is 11.5 Å². The second-order valence-electron chi connectivity index (χ2n) is 4.29. The maximum atomic E-state index is 5.83. The van der Waals surface area contributed by atoms with E-state index >= 15 is 0 Å². The number of hydrogen-bond acceptors (Lipinski definition) is 5. The van der Waals surface area contributed by atoms with Gasteiger partial charge in [0.1, 0.15) is 6.61 Å². The van der Waals surface area contributed by atoms with E-state index in [1.807, 2.05) is 24.4 Å². The summed E-state index contributed by atoms with van der Waals surface area (Å²) in [5.74, 6) is 1.40. The highest BCUT2D eigenvalue weighted by Gasteiger charge is 2.12. The van der Waals surface area contributed by atoms with Gasteiger partial charge in [0.15, 0.2) is 11.5 Å². The molecule has 0 aliphatic heterocycles. The molecule has 1 aromatic carbocycles. The number of halogens is 1. The molecular formula is C14H17BrN2O2S. The third-order valence-corrected chi connectivity index (χ3v) is 4.16. The predicted molar refractivity (Wildman–Crippen MR) is 84.6 cm³/mol. The fraction of sp³-hybridized carbons (Fsp3) is 0.357. The summed E-state index contributed by atoms with van der Waals surface area (Å²) in [5, 5.41) is 3.03. The van der Waals surface area contributed by atoms with Crippen LogP contribution in [-0.4, -0.2) is 18.6 Å². The zero-order chi connectivity index (χ0) is 14.5. The monoisotopic (exact) mass is 356 g/mol. The van der Waals surface area contributed by atoms with Gasteiger partial charge in [0.25, 0.3) is 0 Å². The van der Waals surface area contributed by atoms with E-state index in [0.717, 1.165) is 27.2 Å². The first kappa shape index (κ1) is 15.3. The van der Waals surface area contributed by atoms with Gasteiger partial charge in [-0.3, -0.25) is 0 Å². The first-order valence-corrected chi connectivity index (χ1v) is 7.91. The van der Waals surface area contributed by atoms with Gasteiger partial charge in [-0.05, 0) is 53.5 Å². The number of methoxy groups -OCH3 is 1. The molecule has 0 saturated carbocycles. The van der Waals surface area contributed by atoms with Crippen LogP contribution in [0.2, 0.25) is 0 Å². The van der Waals surface area contributed by atoms with Crippen molar-refractivity contribution in [2.24, 2.45) is 5.73 Å². The normalized spacial score (nSPS) is 10.6. The van der Waals surface area contributed by atoms with Crippen LogP contribution in [0.15, 0.2) is 22.0 Å². The Morgan fingerprint density at radius 2 is 2.20 bits per heavy atom. The number of ether oxygens (including phenoxy) is 2. The average Bonchev–Trinajstić information content (AvgIpc) is 2.83. The summed E-state index contributed by atoms with van der Waals surface area (Å²) in [5.41, 5.74) is 7.62. The fourth-order valence-electron chi connectivity index (χ4n) is 1.84. The molecule has 1 heterocycles. The Kier molecular flexibility index (Phi) is 5.39. The van der Waals surface area contributed by atoms with Crippen molar-refractivity contribution >= 4 is 27.3 Å². The lowest BCUT2D eigenvalue weighted by atomic mass is 10.1. The Balaban J connectivity index is 2.17. The van der Waals surface area contributed by atoms with Crippen molar-refractivity contribution in [1.82, 2.24) is 4.98 Å². The molecule has 0 radical (unpaired) electrons. The highest BCUT2D eigenvalue weighted by atomic mass is 79.9. The number of nitrogens with two attached hydrogens (primary N) is 1. The van der Waals surface area contributed by atoms with Crippen LogP contribution in [0.5, 0.6) is 11.5 Å². The second-order valence-corrected chi connectivity index (χ2v) is 6.21. The van der Waals surface area contributed by atoms with Gasteiger partial charge in [0.2, 0.25) is 0 Å². The summed E-state index contributed by atoms with van der Waals surface area (Å²) in [6.07, 6.45) is 0.806.